The molecule has 3 heterocycles. The van der Waals surface area contributed by atoms with Gasteiger partial charge in [0.1, 0.15) is 11.3 Å². The smallest absolute Gasteiger partial charge is 0.343 e. The number of carbonyl (C=O) groups excluding carboxylic acids is 2. The maximum Gasteiger partial charge on any atom is 0.343 e. The molecule has 32 heavy (non-hydrogen) atoms. The highest BCUT2D eigenvalue weighted by Gasteiger charge is 2.38. The lowest BCUT2D eigenvalue weighted by molar-refractivity contribution is -0.0509. The zero-order chi connectivity index (χ0) is 23.0. The van der Waals surface area contributed by atoms with Crippen molar-refractivity contribution in [2.75, 3.05) is 26.4 Å². The molecule has 2 aliphatic heterocycles. The molecule has 0 radical (unpaired) electrons. The summed E-state index contributed by atoms with van der Waals surface area (Å²) >= 11 is 0. The number of benzene rings is 1. The number of esters is 1. The molecular weight excluding hydrogens is 410 g/mol. The van der Waals surface area contributed by atoms with Crippen molar-refractivity contribution in [3.05, 3.63) is 51.3 Å². The summed E-state index contributed by atoms with van der Waals surface area (Å²) in [5.41, 5.74) is 2.16. The fraction of sp³-hybridized carbons (Fsp3) is 0.480. The Bertz CT molecular complexity index is 1110. The fourth-order valence-corrected chi connectivity index (χ4v) is 4.31. The molecule has 2 aliphatic rings. The Balaban J connectivity index is 1.85. The Morgan fingerprint density at radius 2 is 2.06 bits per heavy atom. The quantitative estimate of drug-likeness (QED) is 0.485. The molecule has 0 amide bonds. The zero-order valence-corrected chi connectivity index (χ0v) is 19.0. The highest BCUT2D eigenvalue weighted by Crippen LogP contribution is 2.43. The number of aldehydes is 1. The Morgan fingerprint density at radius 1 is 1.31 bits per heavy atom. The molecule has 0 saturated carbocycles. The fourth-order valence-electron chi connectivity index (χ4n) is 4.31. The van der Waals surface area contributed by atoms with E-state index in [1.54, 1.807) is 19.2 Å². The highest BCUT2D eigenvalue weighted by atomic mass is 16.5. The largest absolute Gasteiger partial charge is 0.492 e. The third kappa shape index (κ3) is 3.75. The number of carbonyl (C=O) groups is 2. The first-order chi connectivity index (χ1) is 15.3. The summed E-state index contributed by atoms with van der Waals surface area (Å²) in [6, 6.07) is 5.18. The number of ether oxygens (including phenoxy) is 3. The number of nitrogens with zero attached hydrogens (tertiary/aromatic N) is 1. The Hall–Kier alpha value is -2.93. The molecule has 1 fully saturated rings. The van der Waals surface area contributed by atoms with Gasteiger partial charge in [0, 0.05) is 29.3 Å². The van der Waals surface area contributed by atoms with Gasteiger partial charge in [0.2, 0.25) is 0 Å². The minimum Gasteiger partial charge on any atom is -0.492 e. The van der Waals surface area contributed by atoms with Crippen molar-refractivity contribution in [1.82, 2.24) is 4.57 Å². The van der Waals surface area contributed by atoms with Gasteiger partial charge in [-0.1, -0.05) is 13.8 Å². The lowest BCUT2D eigenvalue weighted by Crippen LogP contribution is -2.42. The van der Waals surface area contributed by atoms with Crippen LogP contribution in [0.15, 0.2) is 29.2 Å². The first-order valence-corrected chi connectivity index (χ1v) is 11.1. The predicted octanol–water partition coefficient (Wildman–Crippen LogP) is 3.46. The van der Waals surface area contributed by atoms with E-state index in [9.17, 15) is 14.4 Å². The van der Waals surface area contributed by atoms with Crippen LogP contribution in [0.2, 0.25) is 0 Å². The van der Waals surface area contributed by atoms with Crippen LogP contribution in [0.3, 0.4) is 0 Å². The van der Waals surface area contributed by atoms with E-state index in [1.807, 2.05) is 10.6 Å². The first-order valence-electron chi connectivity index (χ1n) is 11.1. The number of rotatable bonds is 7. The van der Waals surface area contributed by atoms with Gasteiger partial charge in [-0.25, -0.2) is 4.79 Å². The maximum absolute atomic E-state index is 12.8. The van der Waals surface area contributed by atoms with Crippen molar-refractivity contribution in [2.45, 2.75) is 39.7 Å². The van der Waals surface area contributed by atoms with E-state index < -0.39 is 11.4 Å². The molecule has 1 atom stereocenters. The van der Waals surface area contributed by atoms with E-state index in [-0.39, 0.29) is 23.6 Å². The van der Waals surface area contributed by atoms with Gasteiger partial charge < -0.3 is 18.8 Å². The number of fused-ring (bicyclic) bond motifs is 3. The standard InChI is InChI=1S/C25H29NO6/c1-5-31-24(29)20-10-26-21(8-22(20)28)19-6-18(11-27)23(32-14-16-12-30-13-16)7-17(19)9-25(26,4)15(2)3/h6-8,10-11,15-16H,5,9,12-14H2,1-4H3. The number of pyridine rings is 1. The molecule has 1 aromatic heterocycles. The van der Waals surface area contributed by atoms with Gasteiger partial charge in [-0.3, -0.25) is 9.59 Å². The summed E-state index contributed by atoms with van der Waals surface area (Å²) < 4.78 is 18.3. The summed E-state index contributed by atoms with van der Waals surface area (Å²) in [6.07, 6.45) is 3.05. The van der Waals surface area contributed by atoms with Crippen LogP contribution in [0, 0.1) is 11.8 Å². The first kappa shape index (κ1) is 22.3. The average Bonchev–Trinajstić information content (AvgIpc) is 2.72. The SMILES string of the molecule is CCOC(=O)c1cn2c(cc1=O)-c1cc(C=O)c(OCC3COC3)cc1CC2(C)C(C)C. The van der Waals surface area contributed by atoms with E-state index in [0.717, 1.165) is 17.4 Å². The molecule has 4 rings (SSSR count). The van der Waals surface area contributed by atoms with Gasteiger partial charge in [-0.2, -0.15) is 0 Å². The van der Waals surface area contributed by atoms with Crippen LogP contribution >= 0.6 is 0 Å². The minimum absolute atomic E-state index is 0.0178. The van der Waals surface area contributed by atoms with Crippen molar-refractivity contribution in [3.8, 4) is 17.0 Å². The second kappa shape index (κ2) is 8.54. The molecule has 0 N–H and O–H groups in total. The number of hydrogen-bond acceptors (Lipinski definition) is 6. The third-order valence-corrected chi connectivity index (χ3v) is 6.71. The van der Waals surface area contributed by atoms with E-state index in [0.29, 0.717) is 49.2 Å². The van der Waals surface area contributed by atoms with E-state index >= 15 is 0 Å². The van der Waals surface area contributed by atoms with Crippen molar-refractivity contribution >= 4 is 12.3 Å². The zero-order valence-electron chi connectivity index (χ0n) is 19.0. The molecular formula is C25H29NO6. The summed E-state index contributed by atoms with van der Waals surface area (Å²) in [5, 5.41) is 0. The Labute approximate surface area is 187 Å². The van der Waals surface area contributed by atoms with Crippen molar-refractivity contribution < 1.29 is 23.8 Å². The molecule has 0 bridgehead atoms. The second-order valence-electron chi connectivity index (χ2n) is 9.10. The number of aromatic nitrogens is 1. The monoisotopic (exact) mass is 439 g/mol. The molecule has 7 nitrogen and oxygen atoms in total. The molecule has 2 aromatic rings. The lowest BCUT2D eigenvalue weighted by atomic mass is 9.76. The van der Waals surface area contributed by atoms with Crippen LogP contribution < -0.4 is 10.2 Å². The predicted molar refractivity (Wildman–Crippen MR) is 119 cm³/mol. The van der Waals surface area contributed by atoms with Crippen LogP contribution in [-0.2, 0) is 21.4 Å². The average molecular weight is 440 g/mol. The Kier molecular flexibility index (Phi) is 5.95. The van der Waals surface area contributed by atoms with Crippen LogP contribution in [0.25, 0.3) is 11.3 Å². The van der Waals surface area contributed by atoms with Crippen molar-refractivity contribution in [3.63, 3.8) is 0 Å². The van der Waals surface area contributed by atoms with Gasteiger partial charge >= 0.3 is 5.97 Å². The summed E-state index contributed by atoms with van der Waals surface area (Å²) in [4.78, 5) is 37.0. The molecule has 1 saturated heterocycles. The van der Waals surface area contributed by atoms with Gasteiger partial charge in [0.25, 0.3) is 0 Å². The van der Waals surface area contributed by atoms with Crippen LogP contribution in [0.5, 0.6) is 5.75 Å². The summed E-state index contributed by atoms with van der Waals surface area (Å²) in [5.74, 6) is 0.471. The van der Waals surface area contributed by atoms with Gasteiger partial charge in [-0.05, 0) is 43.9 Å². The minimum atomic E-state index is -0.623. The Morgan fingerprint density at radius 3 is 2.66 bits per heavy atom. The molecule has 1 aromatic carbocycles. The molecule has 170 valence electrons. The third-order valence-electron chi connectivity index (χ3n) is 6.71. The second-order valence-corrected chi connectivity index (χ2v) is 9.10. The molecule has 0 spiro atoms. The summed E-state index contributed by atoms with van der Waals surface area (Å²) in [7, 11) is 0. The van der Waals surface area contributed by atoms with Crippen LogP contribution in [0.1, 0.15) is 54.0 Å². The van der Waals surface area contributed by atoms with E-state index in [1.165, 1.54) is 6.07 Å². The topological polar surface area (TPSA) is 83.8 Å². The highest BCUT2D eigenvalue weighted by molar-refractivity contribution is 5.90. The maximum atomic E-state index is 12.8. The van der Waals surface area contributed by atoms with Crippen LogP contribution in [0.4, 0.5) is 0 Å². The normalized spacial score (nSPS) is 19.7. The van der Waals surface area contributed by atoms with Gasteiger partial charge in [-0.15, -0.1) is 0 Å². The molecule has 0 aliphatic carbocycles. The van der Waals surface area contributed by atoms with E-state index in [4.69, 9.17) is 14.2 Å². The summed E-state index contributed by atoms with van der Waals surface area (Å²) in [6.45, 7) is 10.1. The molecule has 1 unspecified atom stereocenters. The van der Waals surface area contributed by atoms with Gasteiger partial charge in [0.15, 0.2) is 11.7 Å². The lowest BCUT2D eigenvalue weighted by Gasteiger charge is -2.43. The van der Waals surface area contributed by atoms with Crippen LogP contribution in [-0.4, -0.2) is 43.3 Å². The van der Waals surface area contributed by atoms with Crippen molar-refractivity contribution in [1.29, 1.82) is 0 Å². The molecule has 7 heteroatoms. The van der Waals surface area contributed by atoms with Gasteiger partial charge in [0.05, 0.1) is 37.7 Å². The van der Waals surface area contributed by atoms with Crippen molar-refractivity contribution in [2.24, 2.45) is 11.8 Å². The van der Waals surface area contributed by atoms with E-state index in [2.05, 4.69) is 20.8 Å². The number of hydrogen-bond donors (Lipinski definition) is 0.